The molecule has 4 heterocycles. The molecule has 0 atom stereocenters. The Morgan fingerprint density at radius 2 is 2.12 bits per heavy atom. The Balaban J connectivity index is 1.48. The highest BCUT2D eigenvalue weighted by Gasteiger charge is 2.14. The van der Waals surface area contributed by atoms with Gasteiger partial charge in [0, 0.05) is 43.9 Å². The molecule has 4 aromatic heterocycles. The van der Waals surface area contributed by atoms with Gasteiger partial charge in [0.1, 0.15) is 16.2 Å². The van der Waals surface area contributed by atoms with Crippen molar-refractivity contribution in [3.63, 3.8) is 0 Å². The van der Waals surface area contributed by atoms with Crippen LogP contribution in [0.3, 0.4) is 0 Å². The van der Waals surface area contributed by atoms with Crippen molar-refractivity contribution in [1.29, 1.82) is 0 Å². The van der Waals surface area contributed by atoms with Crippen LogP contribution in [0.5, 0.6) is 0 Å². The minimum Gasteiger partial charge on any atom is -0.463 e. The zero-order valence-electron chi connectivity index (χ0n) is 13.1. The van der Waals surface area contributed by atoms with Gasteiger partial charge >= 0.3 is 0 Å². The van der Waals surface area contributed by atoms with E-state index in [0.717, 1.165) is 11.3 Å². The summed E-state index contributed by atoms with van der Waals surface area (Å²) in [5.41, 5.74) is 1.58. The van der Waals surface area contributed by atoms with Crippen molar-refractivity contribution in [2.24, 2.45) is 0 Å². The van der Waals surface area contributed by atoms with E-state index in [1.54, 1.807) is 22.9 Å². The number of hydrogen-bond donors (Lipinski definition) is 1. The molecule has 0 unspecified atom stereocenters. The van der Waals surface area contributed by atoms with Crippen LogP contribution in [0.2, 0.25) is 0 Å². The minimum atomic E-state index is -3.56. The third kappa shape index (κ3) is 3.06. The first-order chi connectivity index (χ1) is 12.1. The Bertz CT molecular complexity index is 1080. The van der Waals surface area contributed by atoms with E-state index < -0.39 is 10.0 Å². The van der Waals surface area contributed by atoms with E-state index in [4.69, 9.17) is 4.42 Å². The van der Waals surface area contributed by atoms with Gasteiger partial charge in [0.05, 0.1) is 6.26 Å². The number of pyridine rings is 1. The van der Waals surface area contributed by atoms with Gasteiger partial charge in [-0.1, -0.05) is 0 Å². The number of furan rings is 1. The summed E-state index contributed by atoms with van der Waals surface area (Å²) >= 11 is 0. The summed E-state index contributed by atoms with van der Waals surface area (Å²) in [5.74, 6) is 0.688. The first kappa shape index (κ1) is 15.6. The topological polar surface area (TPSA) is 94.4 Å². The predicted molar refractivity (Wildman–Crippen MR) is 90.3 cm³/mol. The lowest BCUT2D eigenvalue weighted by atomic mass is 10.3. The molecule has 1 N–H and O–H groups in total. The Hall–Kier alpha value is -2.91. The lowest BCUT2D eigenvalue weighted by Gasteiger charge is -2.07. The third-order valence-electron chi connectivity index (χ3n) is 3.76. The number of sulfonamides is 1. The van der Waals surface area contributed by atoms with Crippen LogP contribution in [0.15, 0.2) is 70.7 Å². The fourth-order valence-corrected chi connectivity index (χ4v) is 3.54. The highest BCUT2D eigenvalue weighted by Crippen LogP contribution is 2.20. The number of imidazole rings is 1. The number of rotatable bonds is 6. The first-order valence-electron chi connectivity index (χ1n) is 7.61. The summed E-state index contributed by atoms with van der Waals surface area (Å²) in [4.78, 5) is 3.98. The largest absolute Gasteiger partial charge is 0.463 e. The fraction of sp³-hybridized carbons (Fsp3) is 0.125. The second-order valence-corrected chi connectivity index (χ2v) is 7.15. The lowest BCUT2D eigenvalue weighted by molar-refractivity contribution is 0.574. The van der Waals surface area contributed by atoms with Crippen LogP contribution in [0.4, 0.5) is 0 Å². The predicted octanol–water partition coefficient (Wildman–Crippen LogP) is 1.77. The minimum absolute atomic E-state index is 0.150. The van der Waals surface area contributed by atoms with E-state index in [2.05, 4.69) is 14.8 Å². The summed E-state index contributed by atoms with van der Waals surface area (Å²) < 4.78 is 36.0. The van der Waals surface area contributed by atoms with Crippen molar-refractivity contribution in [3.8, 4) is 11.5 Å². The second-order valence-electron chi connectivity index (χ2n) is 5.39. The number of fused-ring (bicyclic) bond motifs is 1. The van der Waals surface area contributed by atoms with E-state index in [1.165, 1.54) is 18.5 Å². The maximum Gasteiger partial charge on any atom is 0.242 e. The average Bonchev–Trinajstić information content (AvgIpc) is 3.33. The maximum absolute atomic E-state index is 12.2. The van der Waals surface area contributed by atoms with Gasteiger partial charge in [-0.3, -0.25) is 4.98 Å². The number of nitrogens with zero attached hydrogens (tertiary/aromatic N) is 4. The van der Waals surface area contributed by atoms with Crippen LogP contribution in [-0.4, -0.2) is 34.1 Å². The molecule has 4 aromatic rings. The Labute approximate surface area is 143 Å². The summed E-state index contributed by atoms with van der Waals surface area (Å²) in [6.45, 7) is 0.724. The van der Waals surface area contributed by atoms with Crippen molar-refractivity contribution in [1.82, 2.24) is 23.9 Å². The quantitative estimate of drug-likeness (QED) is 0.567. The average molecular weight is 357 g/mol. The Kier molecular flexibility index (Phi) is 3.86. The zero-order chi connectivity index (χ0) is 17.3. The molecule has 25 heavy (non-hydrogen) atoms. The first-order valence-corrected chi connectivity index (χ1v) is 9.10. The van der Waals surface area contributed by atoms with Gasteiger partial charge in [-0.05, 0) is 24.3 Å². The van der Waals surface area contributed by atoms with E-state index >= 15 is 0 Å². The van der Waals surface area contributed by atoms with Gasteiger partial charge in [0.2, 0.25) is 10.0 Å². The lowest BCUT2D eigenvalue weighted by Crippen LogP contribution is -2.27. The van der Waals surface area contributed by atoms with Crippen molar-refractivity contribution in [3.05, 3.63) is 61.4 Å². The normalized spacial score (nSPS) is 12.0. The summed E-state index contributed by atoms with van der Waals surface area (Å²) in [6.07, 6.45) is 8.12. The molecule has 9 heteroatoms. The molecule has 0 fully saturated rings. The van der Waals surface area contributed by atoms with Gasteiger partial charge in [-0.2, -0.15) is 5.10 Å². The Morgan fingerprint density at radius 1 is 1.20 bits per heavy atom. The number of nitrogens with one attached hydrogen (secondary N) is 1. The zero-order valence-corrected chi connectivity index (χ0v) is 13.9. The number of hydrogen-bond acceptors (Lipinski definition) is 5. The molecular formula is C16H15N5O3S. The van der Waals surface area contributed by atoms with Gasteiger partial charge in [-0.25, -0.2) is 17.7 Å². The SMILES string of the molecule is O=S(=O)(NCCn1ccn2nc(-c3ccco3)cc12)c1cccnc1. The molecule has 0 aliphatic rings. The van der Waals surface area contributed by atoms with E-state index in [1.807, 2.05) is 29.1 Å². The molecule has 0 aliphatic carbocycles. The third-order valence-corrected chi connectivity index (χ3v) is 5.21. The molecule has 0 aromatic carbocycles. The molecule has 0 amide bonds. The summed E-state index contributed by atoms with van der Waals surface area (Å²) in [7, 11) is -3.56. The highest BCUT2D eigenvalue weighted by atomic mass is 32.2. The van der Waals surface area contributed by atoms with Gasteiger partial charge in [-0.15, -0.1) is 0 Å². The molecule has 128 valence electrons. The maximum atomic E-state index is 12.2. The molecule has 0 spiro atoms. The van der Waals surface area contributed by atoms with E-state index in [0.29, 0.717) is 12.3 Å². The standard InChI is InChI=1S/C16H15N5O3S/c22-25(23,13-3-1-5-17-12-13)18-6-7-20-8-9-21-16(20)11-14(19-21)15-4-2-10-24-15/h1-5,8-12,18H,6-7H2. The van der Waals surface area contributed by atoms with Crippen LogP contribution < -0.4 is 4.72 Å². The van der Waals surface area contributed by atoms with Gasteiger partial charge in [0.25, 0.3) is 0 Å². The van der Waals surface area contributed by atoms with Crippen molar-refractivity contribution >= 4 is 15.7 Å². The van der Waals surface area contributed by atoms with E-state index in [-0.39, 0.29) is 11.4 Å². The monoisotopic (exact) mass is 357 g/mol. The Morgan fingerprint density at radius 3 is 2.88 bits per heavy atom. The molecule has 8 nitrogen and oxygen atoms in total. The van der Waals surface area contributed by atoms with Crippen LogP contribution in [0.25, 0.3) is 17.1 Å². The van der Waals surface area contributed by atoms with Crippen molar-refractivity contribution in [2.45, 2.75) is 11.4 Å². The number of aromatic nitrogens is 4. The fourth-order valence-electron chi connectivity index (χ4n) is 2.55. The second kappa shape index (κ2) is 6.19. The molecule has 0 bridgehead atoms. The van der Waals surface area contributed by atoms with Crippen LogP contribution in [-0.2, 0) is 16.6 Å². The van der Waals surface area contributed by atoms with Crippen LogP contribution in [0, 0.1) is 0 Å². The molecule has 0 radical (unpaired) electrons. The molecule has 0 saturated heterocycles. The molecular weight excluding hydrogens is 342 g/mol. The smallest absolute Gasteiger partial charge is 0.242 e. The van der Waals surface area contributed by atoms with Crippen LogP contribution >= 0.6 is 0 Å². The highest BCUT2D eigenvalue weighted by molar-refractivity contribution is 7.89. The summed E-state index contributed by atoms with van der Waals surface area (Å²) in [6, 6.07) is 8.64. The molecule has 0 saturated carbocycles. The van der Waals surface area contributed by atoms with Gasteiger partial charge < -0.3 is 8.98 Å². The van der Waals surface area contributed by atoms with Crippen molar-refractivity contribution in [2.75, 3.05) is 6.54 Å². The van der Waals surface area contributed by atoms with E-state index in [9.17, 15) is 8.42 Å². The van der Waals surface area contributed by atoms with Crippen molar-refractivity contribution < 1.29 is 12.8 Å². The molecule has 0 aliphatic heterocycles. The van der Waals surface area contributed by atoms with Gasteiger partial charge in [0.15, 0.2) is 5.76 Å². The summed E-state index contributed by atoms with van der Waals surface area (Å²) in [5, 5.41) is 4.44. The van der Waals surface area contributed by atoms with Crippen LogP contribution in [0.1, 0.15) is 0 Å². The molecule has 4 rings (SSSR count).